The maximum absolute atomic E-state index is 8.95. The van der Waals surface area contributed by atoms with Crippen LogP contribution in [0.5, 0.6) is 0 Å². The highest BCUT2D eigenvalue weighted by atomic mass is 15.2. The van der Waals surface area contributed by atoms with Gasteiger partial charge in [0, 0.05) is 4.91 Å². The molecule has 3 unspecified atom stereocenters. The average Bonchev–Trinajstić information content (AvgIpc) is 2.98. The van der Waals surface area contributed by atoms with Gasteiger partial charge in [0.15, 0.2) is 0 Å². The zero-order valence-electron chi connectivity index (χ0n) is 10.2. The second kappa shape index (κ2) is 3.40. The van der Waals surface area contributed by atoms with Crippen LogP contribution in [0.4, 0.5) is 0 Å². The minimum Gasteiger partial charge on any atom is -0.0864 e. The summed E-state index contributed by atoms with van der Waals surface area (Å²) >= 11 is 0. The lowest BCUT2D eigenvalue weighted by atomic mass is 9.59. The van der Waals surface area contributed by atoms with Crippen LogP contribution < -0.4 is 0 Å². The molecule has 0 aromatic rings. The predicted octanol–water partition coefficient (Wildman–Crippen LogP) is 4.44. The van der Waals surface area contributed by atoms with Gasteiger partial charge in [0.2, 0.25) is 0 Å². The third-order valence-corrected chi connectivity index (χ3v) is 6.01. The molecule has 0 amide bonds. The number of rotatable bonds is 2. The molecule has 2 bridgehead atoms. The first-order valence-corrected chi connectivity index (χ1v) is 6.85. The Balaban J connectivity index is 2.09. The SMILES string of the molecule is CCC1(N=[N+]=[N-])C2CCC(C2)C12CCCC2. The monoisotopic (exact) mass is 219 g/mol. The van der Waals surface area contributed by atoms with Crippen molar-refractivity contribution in [1.82, 2.24) is 0 Å². The summed E-state index contributed by atoms with van der Waals surface area (Å²) in [6, 6.07) is 0. The summed E-state index contributed by atoms with van der Waals surface area (Å²) in [5.41, 5.74) is 9.34. The van der Waals surface area contributed by atoms with Gasteiger partial charge in [0.25, 0.3) is 0 Å². The fraction of sp³-hybridized carbons (Fsp3) is 1.00. The van der Waals surface area contributed by atoms with Gasteiger partial charge in [0.05, 0.1) is 5.54 Å². The van der Waals surface area contributed by atoms with Crippen LogP contribution in [-0.4, -0.2) is 5.54 Å². The van der Waals surface area contributed by atoms with Crippen LogP contribution in [0, 0.1) is 17.3 Å². The van der Waals surface area contributed by atoms with E-state index in [0.717, 1.165) is 12.3 Å². The molecule has 0 radical (unpaired) electrons. The third-order valence-electron chi connectivity index (χ3n) is 6.01. The van der Waals surface area contributed by atoms with Gasteiger partial charge < -0.3 is 0 Å². The first-order valence-electron chi connectivity index (χ1n) is 6.85. The quantitative estimate of drug-likeness (QED) is 0.374. The second-order valence-electron chi connectivity index (χ2n) is 6.04. The van der Waals surface area contributed by atoms with E-state index in [1.165, 1.54) is 44.9 Å². The Morgan fingerprint density at radius 2 is 1.94 bits per heavy atom. The molecule has 3 rings (SSSR count). The zero-order valence-corrected chi connectivity index (χ0v) is 10.2. The highest BCUT2D eigenvalue weighted by molar-refractivity contribution is 5.20. The largest absolute Gasteiger partial charge is 0.0864 e. The molecule has 3 fully saturated rings. The Hall–Kier alpha value is -0.690. The van der Waals surface area contributed by atoms with Crippen LogP contribution in [0.25, 0.3) is 10.4 Å². The summed E-state index contributed by atoms with van der Waals surface area (Å²) in [5.74, 6) is 1.56. The number of azide groups is 1. The maximum Gasteiger partial charge on any atom is 0.0572 e. The molecule has 0 aromatic carbocycles. The molecule has 3 aliphatic carbocycles. The Labute approximate surface area is 97.2 Å². The lowest BCUT2D eigenvalue weighted by Gasteiger charge is -2.49. The van der Waals surface area contributed by atoms with E-state index < -0.39 is 0 Å². The zero-order chi connectivity index (χ0) is 11.2. The van der Waals surface area contributed by atoms with Crippen molar-refractivity contribution < 1.29 is 0 Å². The molecule has 3 saturated carbocycles. The molecule has 3 heteroatoms. The van der Waals surface area contributed by atoms with Gasteiger partial charge in [-0.3, -0.25) is 0 Å². The van der Waals surface area contributed by atoms with Crippen LogP contribution in [0.3, 0.4) is 0 Å². The van der Waals surface area contributed by atoms with Crippen LogP contribution in [0.1, 0.15) is 58.3 Å². The number of hydrogen-bond donors (Lipinski definition) is 0. The van der Waals surface area contributed by atoms with Crippen LogP contribution >= 0.6 is 0 Å². The van der Waals surface area contributed by atoms with E-state index in [0.29, 0.717) is 11.3 Å². The summed E-state index contributed by atoms with van der Waals surface area (Å²) in [6.07, 6.45) is 10.4. The molecule has 0 aliphatic heterocycles. The van der Waals surface area contributed by atoms with Crippen molar-refractivity contribution in [2.45, 2.75) is 63.8 Å². The molecule has 0 N–H and O–H groups in total. The van der Waals surface area contributed by atoms with Gasteiger partial charge in [-0.05, 0) is 61.3 Å². The van der Waals surface area contributed by atoms with Crippen molar-refractivity contribution >= 4 is 0 Å². The first kappa shape index (κ1) is 10.5. The van der Waals surface area contributed by atoms with Crippen molar-refractivity contribution in [3.8, 4) is 0 Å². The predicted molar refractivity (Wildman–Crippen MR) is 63.9 cm³/mol. The van der Waals surface area contributed by atoms with Gasteiger partial charge in [-0.1, -0.05) is 24.9 Å². The number of hydrogen-bond acceptors (Lipinski definition) is 1. The Morgan fingerprint density at radius 3 is 2.56 bits per heavy atom. The summed E-state index contributed by atoms with van der Waals surface area (Å²) < 4.78 is 0. The molecule has 16 heavy (non-hydrogen) atoms. The second-order valence-corrected chi connectivity index (χ2v) is 6.04. The molecule has 3 nitrogen and oxygen atoms in total. The molecular weight excluding hydrogens is 198 g/mol. The molecule has 3 atom stereocenters. The van der Waals surface area contributed by atoms with Crippen molar-refractivity contribution in [3.63, 3.8) is 0 Å². The molecular formula is C13H21N3. The fourth-order valence-corrected chi connectivity index (χ4v) is 5.50. The van der Waals surface area contributed by atoms with E-state index in [1.54, 1.807) is 0 Å². The van der Waals surface area contributed by atoms with E-state index in [4.69, 9.17) is 5.53 Å². The van der Waals surface area contributed by atoms with Gasteiger partial charge in [-0.2, -0.15) is 0 Å². The maximum atomic E-state index is 8.95. The van der Waals surface area contributed by atoms with Gasteiger partial charge >= 0.3 is 0 Å². The minimum absolute atomic E-state index is 0.0127. The van der Waals surface area contributed by atoms with Crippen molar-refractivity contribution in [1.29, 1.82) is 0 Å². The number of fused-ring (bicyclic) bond motifs is 3. The molecule has 0 aromatic heterocycles. The highest BCUT2D eigenvalue weighted by Crippen LogP contribution is 2.70. The lowest BCUT2D eigenvalue weighted by Crippen LogP contribution is -2.49. The molecule has 3 aliphatic rings. The number of nitrogens with zero attached hydrogens (tertiary/aromatic N) is 3. The standard InChI is InChI=1S/C13H21N3/c1-2-13(15-16-14)11-6-5-10(9-11)12(13)7-3-4-8-12/h10-11H,2-9H2,1H3. The van der Waals surface area contributed by atoms with E-state index in [9.17, 15) is 0 Å². The van der Waals surface area contributed by atoms with Gasteiger partial charge in [-0.15, -0.1) is 0 Å². The Kier molecular flexibility index (Phi) is 2.22. The molecule has 88 valence electrons. The van der Waals surface area contributed by atoms with Crippen LogP contribution in [0.15, 0.2) is 5.11 Å². The third kappa shape index (κ3) is 0.982. The summed E-state index contributed by atoms with van der Waals surface area (Å²) in [5, 5.41) is 4.37. The van der Waals surface area contributed by atoms with Gasteiger partial charge in [-0.25, -0.2) is 0 Å². The average molecular weight is 219 g/mol. The Morgan fingerprint density at radius 1 is 1.25 bits per heavy atom. The Bertz CT molecular complexity index is 339. The molecule has 0 heterocycles. The highest BCUT2D eigenvalue weighted by Gasteiger charge is 2.66. The van der Waals surface area contributed by atoms with Crippen molar-refractivity contribution in [2.75, 3.05) is 0 Å². The van der Waals surface area contributed by atoms with E-state index in [-0.39, 0.29) is 5.54 Å². The summed E-state index contributed by atoms with van der Waals surface area (Å²) in [6.45, 7) is 2.23. The summed E-state index contributed by atoms with van der Waals surface area (Å²) in [4.78, 5) is 3.22. The normalized spacial score (nSPS) is 43.8. The first-order chi connectivity index (χ1) is 7.79. The smallest absolute Gasteiger partial charge is 0.0572 e. The molecule has 0 saturated heterocycles. The van der Waals surface area contributed by atoms with Crippen molar-refractivity contribution in [2.24, 2.45) is 22.4 Å². The van der Waals surface area contributed by atoms with Crippen LogP contribution in [-0.2, 0) is 0 Å². The van der Waals surface area contributed by atoms with Crippen molar-refractivity contribution in [3.05, 3.63) is 10.4 Å². The molecule has 1 spiro atoms. The van der Waals surface area contributed by atoms with E-state index in [2.05, 4.69) is 16.9 Å². The van der Waals surface area contributed by atoms with E-state index in [1.807, 2.05) is 0 Å². The van der Waals surface area contributed by atoms with Gasteiger partial charge in [0.1, 0.15) is 0 Å². The minimum atomic E-state index is -0.0127. The van der Waals surface area contributed by atoms with Crippen LogP contribution in [0.2, 0.25) is 0 Å². The fourth-order valence-electron chi connectivity index (χ4n) is 5.50. The summed E-state index contributed by atoms with van der Waals surface area (Å²) in [7, 11) is 0. The topological polar surface area (TPSA) is 48.8 Å². The van der Waals surface area contributed by atoms with E-state index >= 15 is 0 Å². The lowest BCUT2D eigenvalue weighted by molar-refractivity contribution is 0.0510.